The molecule has 0 unspecified atom stereocenters. The smallest absolute Gasteiger partial charge is 0 e. The Hall–Kier alpha value is 3.00. The van der Waals surface area contributed by atoms with Crippen molar-refractivity contribution in [1.82, 2.24) is 0 Å². The SMILES string of the molecule is Cc1cccc(C)c1.[Ar].[Ar].[Ar]. The average Bonchev–Trinajstić information content (AvgIpc) is 1.64. The second kappa shape index (κ2) is 11.1. The van der Waals surface area contributed by atoms with Gasteiger partial charge in [-0.3, -0.25) is 0 Å². The Labute approximate surface area is 159 Å². The molecule has 0 fully saturated rings. The van der Waals surface area contributed by atoms with Crippen LogP contribution in [-0.2, 0) is 0 Å². The Balaban J connectivity index is -0.000000213. The van der Waals surface area contributed by atoms with Crippen molar-refractivity contribution in [2.24, 2.45) is 0 Å². The summed E-state index contributed by atoms with van der Waals surface area (Å²) in [5.41, 5.74) is 2.68. The van der Waals surface area contributed by atoms with E-state index in [1.165, 1.54) is 11.1 Å². The molecule has 0 radical (unpaired) electrons. The summed E-state index contributed by atoms with van der Waals surface area (Å²) in [6, 6.07) is 8.45. The first-order chi connectivity index (χ1) is 3.79. The Morgan fingerprint density at radius 3 is 1.36 bits per heavy atom. The standard InChI is InChI=1S/C8H10.3Ar/c1-7-4-3-5-8(2)6-7;;;/h3-6H,1-2H3;;;. The summed E-state index contributed by atoms with van der Waals surface area (Å²) < 4.78 is 0. The van der Waals surface area contributed by atoms with Gasteiger partial charge >= 0.3 is 0 Å². The molecule has 0 N–H and O–H groups in total. The number of rotatable bonds is 0. The molecule has 0 heterocycles. The van der Waals surface area contributed by atoms with Crippen molar-refractivity contribution in [2.45, 2.75) is 13.8 Å². The van der Waals surface area contributed by atoms with Crippen LogP contribution in [0, 0.1) is 127 Å². The maximum atomic E-state index is 2.17. The van der Waals surface area contributed by atoms with Gasteiger partial charge in [0.15, 0.2) is 0 Å². The molecule has 1 aromatic carbocycles. The zero-order valence-electron chi connectivity index (χ0n) is 6.37. The minimum absolute atomic E-state index is 0. The largest absolute Gasteiger partial charge is 0.0617 e. The van der Waals surface area contributed by atoms with Gasteiger partial charge in [0.2, 0.25) is 0 Å². The topological polar surface area (TPSA) is 0 Å². The minimum Gasteiger partial charge on any atom is -0.0617 e. The van der Waals surface area contributed by atoms with Crippen LogP contribution >= 0.6 is 0 Å². The molecule has 0 bridgehead atoms. The van der Waals surface area contributed by atoms with Crippen molar-refractivity contribution in [2.75, 3.05) is 0 Å². The van der Waals surface area contributed by atoms with Crippen LogP contribution in [0.3, 0.4) is 0 Å². The molecule has 0 nitrogen and oxygen atoms in total. The minimum atomic E-state index is 0. The molecule has 0 atom stereocenters. The van der Waals surface area contributed by atoms with Crippen molar-refractivity contribution < 1.29 is 113 Å². The Bertz CT molecular complexity index is 169. The van der Waals surface area contributed by atoms with E-state index in [1.54, 1.807) is 0 Å². The number of hydrogen-bond acceptors (Lipinski definition) is 0. The van der Waals surface area contributed by atoms with Crippen LogP contribution in [-0.4, -0.2) is 0 Å². The van der Waals surface area contributed by atoms with E-state index in [4.69, 9.17) is 0 Å². The monoisotopic (exact) mass is 226 g/mol. The fourth-order valence-corrected chi connectivity index (χ4v) is 0.807. The normalized spacial score (nSPS) is 6.73. The molecule has 0 aliphatic carbocycles. The quantitative estimate of drug-likeness (QED) is 0.636. The fourth-order valence-electron chi connectivity index (χ4n) is 0.807. The first-order valence-corrected chi connectivity index (χ1v) is 2.82. The summed E-state index contributed by atoms with van der Waals surface area (Å²) in [4.78, 5) is 0. The molecule has 0 saturated heterocycles. The molecule has 3 heteroatoms. The number of hydrogen-bond donors (Lipinski definition) is 0. The van der Waals surface area contributed by atoms with Crippen LogP contribution in [0.15, 0.2) is 24.3 Å². The van der Waals surface area contributed by atoms with Gasteiger partial charge in [-0.05, 0) is 13.8 Å². The van der Waals surface area contributed by atoms with Crippen LogP contribution in [0.4, 0.5) is 0 Å². The van der Waals surface area contributed by atoms with Crippen molar-refractivity contribution in [3.8, 4) is 0 Å². The van der Waals surface area contributed by atoms with Gasteiger partial charge in [0.05, 0.1) is 0 Å². The summed E-state index contributed by atoms with van der Waals surface area (Å²) >= 11 is 0. The summed E-state index contributed by atoms with van der Waals surface area (Å²) in [7, 11) is 0. The van der Waals surface area contributed by atoms with Gasteiger partial charge in [-0.15, -0.1) is 0 Å². The first-order valence-electron chi connectivity index (χ1n) is 2.82. The van der Waals surface area contributed by atoms with E-state index in [9.17, 15) is 0 Å². The van der Waals surface area contributed by atoms with Crippen LogP contribution < -0.4 is 0 Å². The third-order valence-electron chi connectivity index (χ3n) is 1.17. The molecule has 0 aromatic heterocycles. The van der Waals surface area contributed by atoms with Crippen molar-refractivity contribution in [1.29, 1.82) is 0 Å². The van der Waals surface area contributed by atoms with Gasteiger partial charge in [0.25, 0.3) is 0 Å². The maximum absolute atomic E-state index is 2.17. The molecule has 11 heavy (non-hydrogen) atoms. The number of benzene rings is 1. The Morgan fingerprint density at radius 1 is 0.818 bits per heavy atom. The number of aryl methyl sites for hydroxylation is 2. The summed E-state index contributed by atoms with van der Waals surface area (Å²) in [6.45, 7) is 4.21. The molecule has 0 saturated carbocycles. The van der Waals surface area contributed by atoms with Crippen LogP contribution in [0.5, 0.6) is 0 Å². The van der Waals surface area contributed by atoms with Gasteiger partial charge in [0, 0.05) is 113 Å². The molecule has 1 rings (SSSR count). The third-order valence-corrected chi connectivity index (χ3v) is 1.17. The fraction of sp³-hybridized carbons (Fsp3) is 0.250. The molecule has 0 aliphatic rings. The zero-order chi connectivity index (χ0) is 5.98. The zero-order valence-corrected chi connectivity index (χ0v) is 8.49. The second-order valence-electron chi connectivity index (χ2n) is 2.16. The van der Waals surface area contributed by atoms with E-state index >= 15 is 0 Å². The van der Waals surface area contributed by atoms with Crippen LogP contribution in [0.2, 0.25) is 0 Å². The summed E-state index contributed by atoms with van der Waals surface area (Å²) in [5, 5.41) is 0. The van der Waals surface area contributed by atoms with Crippen LogP contribution in [0.1, 0.15) is 11.1 Å². The predicted octanol–water partition coefficient (Wildman–Crippen LogP) is 2.30. The molecule has 0 spiro atoms. The molecule has 0 aliphatic heterocycles. The molecule has 0 amide bonds. The Kier molecular flexibility index (Phi) is 19.7. The van der Waals surface area contributed by atoms with E-state index in [-0.39, 0.29) is 113 Å². The van der Waals surface area contributed by atoms with Gasteiger partial charge in [-0.25, -0.2) is 0 Å². The van der Waals surface area contributed by atoms with E-state index in [1.807, 2.05) is 0 Å². The van der Waals surface area contributed by atoms with E-state index in [0.717, 1.165) is 0 Å². The third kappa shape index (κ3) is 9.31. The van der Waals surface area contributed by atoms with E-state index in [0.29, 0.717) is 0 Å². The van der Waals surface area contributed by atoms with Gasteiger partial charge in [0.1, 0.15) is 0 Å². The summed E-state index contributed by atoms with van der Waals surface area (Å²) in [6.07, 6.45) is 0. The second-order valence-corrected chi connectivity index (χ2v) is 2.16. The molecule has 1 aromatic rings. The predicted molar refractivity (Wildman–Crippen MR) is 35.9 cm³/mol. The van der Waals surface area contributed by atoms with Gasteiger partial charge < -0.3 is 0 Å². The summed E-state index contributed by atoms with van der Waals surface area (Å²) in [5.74, 6) is 0. The molecular formula is C8H10Ar3. The van der Waals surface area contributed by atoms with Crippen LogP contribution in [0.25, 0.3) is 0 Å². The van der Waals surface area contributed by atoms with Gasteiger partial charge in [-0.2, -0.15) is 0 Å². The van der Waals surface area contributed by atoms with E-state index < -0.39 is 0 Å². The first kappa shape index (κ1) is 19.6. The van der Waals surface area contributed by atoms with E-state index in [2.05, 4.69) is 38.1 Å². The Morgan fingerprint density at radius 2 is 1.18 bits per heavy atom. The molecule has 66 valence electrons. The van der Waals surface area contributed by atoms with Gasteiger partial charge in [-0.1, -0.05) is 35.4 Å². The molecular weight excluding hydrogens is 216 g/mol. The van der Waals surface area contributed by atoms with Crippen molar-refractivity contribution >= 4 is 0 Å². The van der Waals surface area contributed by atoms with Crippen molar-refractivity contribution in [3.05, 3.63) is 35.4 Å². The van der Waals surface area contributed by atoms with Crippen molar-refractivity contribution in [3.63, 3.8) is 0 Å². The average molecular weight is 226 g/mol. The maximum Gasteiger partial charge on any atom is 0 e.